The van der Waals surface area contributed by atoms with E-state index < -0.39 is 7.92 Å². The van der Waals surface area contributed by atoms with Crippen molar-refractivity contribution in [3.8, 4) is 0 Å². The fraction of sp³-hybridized carbons (Fsp3) is 0.0690. The molecule has 0 amide bonds. The predicted molar refractivity (Wildman–Crippen MR) is 131 cm³/mol. The Morgan fingerprint density at radius 1 is 0.600 bits per heavy atom. The Hall–Kier alpha value is -2.43. The number of rotatable bonds is 5. The molecule has 0 saturated heterocycles. The SMILES string of the molecule is C[C@@H]([C]1[CH][CH][CH][C]1P(c1ccccc1)c1ccccc1)c1ccc2ccccc2c1. The quantitative estimate of drug-likeness (QED) is 0.321. The minimum Gasteiger partial charge on any atom is -0.0622 e. The third kappa shape index (κ3) is 3.82. The zero-order chi connectivity index (χ0) is 20.3. The van der Waals surface area contributed by atoms with Crippen LogP contribution in [0.5, 0.6) is 0 Å². The third-order valence-electron chi connectivity index (χ3n) is 5.84. The third-order valence-corrected chi connectivity index (χ3v) is 8.35. The molecule has 0 N–H and O–H groups in total. The Balaban J connectivity index is 1.51. The summed E-state index contributed by atoms with van der Waals surface area (Å²) in [5.41, 5.74) is 2.83. The van der Waals surface area contributed by atoms with E-state index in [9.17, 15) is 0 Å². The normalized spacial score (nSPS) is 16.3. The molecule has 1 atom stereocenters. The summed E-state index contributed by atoms with van der Waals surface area (Å²) in [4.78, 5) is 0. The van der Waals surface area contributed by atoms with Gasteiger partial charge in [0, 0.05) is 5.66 Å². The molecule has 4 aromatic rings. The second kappa shape index (κ2) is 8.75. The highest BCUT2D eigenvalue weighted by Gasteiger charge is 2.40. The topological polar surface area (TPSA) is 0 Å². The second-order valence-electron chi connectivity index (χ2n) is 7.70. The molecule has 1 aliphatic rings. The first-order valence-corrected chi connectivity index (χ1v) is 11.8. The van der Waals surface area contributed by atoms with Crippen molar-refractivity contribution in [2.75, 3.05) is 0 Å². The van der Waals surface area contributed by atoms with E-state index in [0.29, 0.717) is 5.92 Å². The Morgan fingerprint density at radius 3 is 1.87 bits per heavy atom. The van der Waals surface area contributed by atoms with Crippen molar-refractivity contribution in [3.05, 3.63) is 140 Å². The maximum absolute atomic E-state index is 2.35. The van der Waals surface area contributed by atoms with Crippen LogP contribution < -0.4 is 10.6 Å². The van der Waals surface area contributed by atoms with Crippen LogP contribution in [0.2, 0.25) is 0 Å². The van der Waals surface area contributed by atoms with Crippen LogP contribution in [0.1, 0.15) is 18.4 Å². The molecular formula is C29H24P. The Labute approximate surface area is 181 Å². The van der Waals surface area contributed by atoms with Crippen LogP contribution in [-0.4, -0.2) is 0 Å². The molecule has 30 heavy (non-hydrogen) atoms. The predicted octanol–water partition coefficient (Wildman–Crippen LogP) is 6.81. The fourth-order valence-electron chi connectivity index (χ4n) is 4.23. The summed E-state index contributed by atoms with van der Waals surface area (Å²) < 4.78 is 0. The van der Waals surface area contributed by atoms with Crippen LogP contribution >= 0.6 is 7.92 Å². The maximum atomic E-state index is 2.35. The lowest BCUT2D eigenvalue weighted by Crippen LogP contribution is -2.21. The molecule has 0 heterocycles. The molecule has 0 aliphatic heterocycles. The van der Waals surface area contributed by atoms with Crippen molar-refractivity contribution in [2.45, 2.75) is 12.8 Å². The van der Waals surface area contributed by atoms with E-state index in [1.165, 1.54) is 38.5 Å². The van der Waals surface area contributed by atoms with Gasteiger partial charge in [-0.1, -0.05) is 110 Å². The Bertz CT molecular complexity index is 1060. The molecule has 5 rings (SSSR count). The summed E-state index contributed by atoms with van der Waals surface area (Å²) in [6.07, 6.45) is 6.87. The van der Waals surface area contributed by atoms with Gasteiger partial charge < -0.3 is 0 Å². The average molecular weight is 403 g/mol. The molecule has 1 saturated carbocycles. The van der Waals surface area contributed by atoms with E-state index in [0.717, 1.165) is 0 Å². The van der Waals surface area contributed by atoms with Crippen molar-refractivity contribution in [1.82, 2.24) is 0 Å². The summed E-state index contributed by atoms with van der Waals surface area (Å²) >= 11 is 0. The molecule has 4 aromatic carbocycles. The molecule has 0 aromatic heterocycles. The summed E-state index contributed by atoms with van der Waals surface area (Å²) in [7, 11) is -0.587. The first-order valence-electron chi connectivity index (χ1n) is 10.5. The highest BCUT2D eigenvalue weighted by atomic mass is 31.1. The fourth-order valence-corrected chi connectivity index (χ4v) is 6.79. The van der Waals surface area contributed by atoms with Gasteiger partial charge in [-0.25, -0.2) is 0 Å². The van der Waals surface area contributed by atoms with Gasteiger partial charge in [0.15, 0.2) is 0 Å². The summed E-state index contributed by atoms with van der Waals surface area (Å²) in [5.74, 6) is 1.78. The average Bonchev–Trinajstić information content (AvgIpc) is 3.29. The van der Waals surface area contributed by atoms with Gasteiger partial charge in [-0.3, -0.25) is 0 Å². The first kappa shape index (κ1) is 19.5. The van der Waals surface area contributed by atoms with Crippen molar-refractivity contribution in [2.24, 2.45) is 0 Å². The standard InChI is InChI=1S/C29H24P/c1-22(24-20-19-23-11-8-9-12-25(23)21-24)28-17-10-18-29(28)30(26-13-4-2-5-14-26)27-15-6-3-7-16-27/h2-22H,1H3/t22-/m1/s1. The van der Waals surface area contributed by atoms with E-state index in [-0.39, 0.29) is 0 Å². The summed E-state index contributed by atoms with van der Waals surface area (Å²) in [6.45, 7) is 2.34. The van der Waals surface area contributed by atoms with E-state index in [4.69, 9.17) is 0 Å². The monoisotopic (exact) mass is 403 g/mol. The van der Waals surface area contributed by atoms with Gasteiger partial charge in [0.2, 0.25) is 0 Å². The lowest BCUT2D eigenvalue weighted by molar-refractivity contribution is 0.819. The molecular weight excluding hydrogens is 379 g/mol. The summed E-state index contributed by atoms with van der Waals surface area (Å²) in [5, 5.41) is 5.41. The Kier molecular flexibility index (Phi) is 5.69. The summed E-state index contributed by atoms with van der Waals surface area (Å²) in [6, 6.07) is 37.4. The number of fused-ring (bicyclic) bond motifs is 1. The van der Waals surface area contributed by atoms with Crippen LogP contribution in [0.25, 0.3) is 10.8 Å². The van der Waals surface area contributed by atoms with Crippen molar-refractivity contribution in [3.63, 3.8) is 0 Å². The molecule has 0 spiro atoms. The zero-order valence-electron chi connectivity index (χ0n) is 17.1. The maximum Gasteiger partial charge on any atom is 0.0201 e. The minimum atomic E-state index is -0.587. The molecule has 0 bridgehead atoms. The zero-order valence-corrected chi connectivity index (χ0v) is 18.0. The van der Waals surface area contributed by atoms with Crippen molar-refractivity contribution in [1.29, 1.82) is 0 Å². The van der Waals surface area contributed by atoms with Crippen LogP contribution in [0.3, 0.4) is 0 Å². The lowest BCUT2D eigenvalue weighted by Gasteiger charge is -2.32. The molecule has 0 unspecified atom stereocenters. The number of hydrogen-bond donors (Lipinski definition) is 0. The molecule has 0 nitrogen and oxygen atoms in total. The van der Waals surface area contributed by atoms with Gasteiger partial charge >= 0.3 is 0 Å². The highest BCUT2D eigenvalue weighted by molar-refractivity contribution is 7.76. The van der Waals surface area contributed by atoms with Crippen LogP contribution in [-0.2, 0) is 0 Å². The van der Waals surface area contributed by atoms with Crippen molar-refractivity contribution < 1.29 is 0 Å². The molecule has 1 fully saturated rings. The van der Waals surface area contributed by atoms with E-state index >= 15 is 0 Å². The highest BCUT2D eigenvalue weighted by Crippen LogP contribution is 2.59. The molecule has 1 heteroatoms. The molecule has 1 aliphatic carbocycles. The van der Waals surface area contributed by atoms with Gasteiger partial charge in [-0.15, -0.1) is 0 Å². The van der Waals surface area contributed by atoms with E-state index in [2.05, 4.69) is 129 Å². The molecule has 145 valence electrons. The number of benzene rings is 4. The van der Waals surface area contributed by atoms with E-state index in [1.807, 2.05) is 0 Å². The molecule has 5 radical (unpaired) electrons. The first-order chi connectivity index (χ1) is 14.8. The van der Waals surface area contributed by atoms with Gasteiger partial charge in [0.25, 0.3) is 0 Å². The number of hydrogen-bond acceptors (Lipinski definition) is 0. The van der Waals surface area contributed by atoms with Crippen LogP contribution in [0.4, 0.5) is 0 Å². The second-order valence-corrected chi connectivity index (χ2v) is 9.89. The van der Waals surface area contributed by atoms with Crippen LogP contribution in [0.15, 0.2) is 103 Å². The van der Waals surface area contributed by atoms with Gasteiger partial charge in [0.05, 0.1) is 0 Å². The van der Waals surface area contributed by atoms with Crippen LogP contribution in [0, 0.1) is 30.8 Å². The lowest BCUT2D eigenvalue weighted by atomic mass is 9.85. The van der Waals surface area contributed by atoms with Gasteiger partial charge in [-0.2, -0.15) is 0 Å². The van der Waals surface area contributed by atoms with E-state index in [1.54, 1.807) is 0 Å². The van der Waals surface area contributed by atoms with Crippen molar-refractivity contribution >= 4 is 29.3 Å². The minimum absolute atomic E-state index is 0.344. The van der Waals surface area contributed by atoms with Gasteiger partial charge in [-0.05, 0) is 66.0 Å². The largest absolute Gasteiger partial charge is 0.0622 e. The van der Waals surface area contributed by atoms with Gasteiger partial charge in [0.1, 0.15) is 0 Å². The smallest absolute Gasteiger partial charge is 0.0201 e. The Morgan fingerprint density at radius 2 is 1.20 bits per heavy atom.